The topological polar surface area (TPSA) is 75.0 Å². The van der Waals surface area contributed by atoms with Crippen LogP contribution < -0.4 is 9.47 Å². The number of carbonyl (C=O) groups excluding carboxylic acids is 2. The molecule has 0 N–H and O–H groups in total. The van der Waals surface area contributed by atoms with Crippen molar-refractivity contribution in [3.63, 3.8) is 0 Å². The Hall–Kier alpha value is -3.28. The first-order valence-electron chi connectivity index (χ1n) is 7.95. The second kappa shape index (κ2) is 7.31. The van der Waals surface area contributed by atoms with Gasteiger partial charge in [0.25, 0.3) is 0 Å². The summed E-state index contributed by atoms with van der Waals surface area (Å²) in [4.78, 5) is 24.7. The standard InChI is InChI=1S/C20H18O6/c1-12-14-6-4-5-7-17(14)26-19(12)16(21)11-25-20(22)15-9-8-13(23-2)10-18(15)24-3/h4-10H,11H2,1-3H3. The minimum absolute atomic E-state index is 0.195. The van der Waals surface area contributed by atoms with Crippen molar-refractivity contribution >= 4 is 22.7 Å². The molecule has 2 aromatic carbocycles. The number of Topliss-reactive ketones (excluding diaryl/α,β-unsaturated/α-hetero) is 1. The van der Waals surface area contributed by atoms with Gasteiger partial charge in [-0.3, -0.25) is 4.79 Å². The van der Waals surface area contributed by atoms with Gasteiger partial charge in [-0.2, -0.15) is 0 Å². The first-order valence-corrected chi connectivity index (χ1v) is 7.95. The van der Waals surface area contributed by atoms with E-state index >= 15 is 0 Å². The predicted octanol–water partition coefficient (Wildman–Crippen LogP) is 3.80. The van der Waals surface area contributed by atoms with Crippen molar-refractivity contribution in [1.29, 1.82) is 0 Å². The molecule has 0 atom stereocenters. The number of ether oxygens (including phenoxy) is 3. The average molecular weight is 354 g/mol. The highest BCUT2D eigenvalue weighted by atomic mass is 16.5. The molecule has 6 nitrogen and oxygen atoms in total. The molecule has 0 spiro atoms. The summed E-state index contributed by atoms with van der Waals surface area (Å²) in [5.41, 5.74) is 1.56. The lowest BCUT2D eigenvalue weighted by atomic mass is 10.1. The summed E-state index contributed by atoms with van der Waals surface area (Å²) in [5, 5.41) is 0.860. The molecule has 1 aromatic heterocycles. The maximum absolute atomic E-state index is 12.4. The van der Waals surface area contributed by atoms with E-state index in [1.807, 2.05) is 18.2 Å². The monoisotopic (exact) mass is 354 g/mol. The summed E-state index contributed by atoms with van der Waals surface area (Å²) in [6, 6.07) is 12.1. The Kier molecular flexibility index (Phi) is 4.93. The van der Waals surface area contributed by atoms with Crippen molar-refractivity contribution in [3.8, 4) is 11.5 Å². The molecule has 0 saturated carbocycles. The zero-order chi connectivity index (χ0) is 18.7. The Balaban J connectivity index is 1.75. The largest absolute Gasteiger partial charge is 0.497 e. The number of benzene rings is 2. The van der Waals surface area contributed by atoms with E-state index in [-0.39, 0.29) is 11.3 Å². The lowest BCUT2D eigenvalue weighted by Crippen LogP contribution is -2.15. The summed E-state index contributed by atoms with van der Waals surface area (Å²) in [6.07, 6.45) is 0. The van der Waals surface area contributed by atoms with E-state index in [2.05, 4.69) is 0 Å². The van der Waals surface area contributed by atoms with E-state index in [9.17, 15) is 9.59 Å². The Morgan fingerprint density at radius 3 is 2.50 bits per heavy atom. The van der Waals surface area contributed by atoms with Gasteiger partial charge in [-0.1, -0.05) is 18.2 Å². The van der Waals surface area contributed by atoms with Crippen LogP contribution in [0.3, 0.4) is 0 Å². The fourth-order valence-electron chi connectivity index (χ4n) is 2.68. The number of hydrogen-bond acceptors (Lipinski definition) is 6. The maximum atomic E-state index is 12.4. The fourth-order valence-corrected chi connectivity index (χ4v) is 2.68. The average Bonchev–Trinajstić information content (AvgIpc) is 3.02. The maximum Gasteiger partial charge on any atom is 0.342 e. The Labute approximate surface area is 150 Å². The molecular formula is C20H18O6. The van der Waals surface area contributed by atoms with Crippen molar-refractivity contribution in [3.05, 3.63) is 59.4 Å². The van der Waals surface area contributed by atoms with Gasteiger partial charge in [0.1, 0.15) is 22.6 Å². The van der Waals surface area contributed by atoms with Crippen molar-refractivity contribution in [2.75, 3.05) is 20.8 Å². The zero-order valence-electron chi connectivity index (χ0n) is 14.7. The van der Waals surface area contributed by atoms with Crippen LogP contribution in [-0.4, -0.2) is 32.6 Å². The van der Waals surface area contributed by atoms with Crippen LogP contribution in [-0.2, 0) is 4.74 Å². The van der Waals surface area contributed by atoms with E-state index in [0.717, 1.165) is 10.9 Å². The van der Waals surface area contributed by atoms with Crippen LogP contribution in [0, 0.1) is 6.92 Å². The van der Waals surface area contributed by atoms with Crippen LogP contribution in [0.1, 0.15) is 26.5 Å². The molecular weight excluding hydrogens is 336 g/mol. The SMILES string of the molecule is COc1ccc(C(=O)OCC(=O)c2oc3ccccc3c2C)c(OC)c1. The van der Waals surface area contributed by atoms with Crippen molar-refractivity contribution in [1.82, 2.24) is 0 Å². The highest BCUT2D eigenvalue weighted by Gasteiger charge is 2.21. The molecule has 26 heavy (non-hydrogen) atoms. The van der Waals surface area contributed by atoms with Gasteiger partial charge in [0, 0.05) is 17.0 Å². The van der Waals surface area contributed by atoms with Crippen LogP contribution in [0.5, 0.6) is 11.5 Å². The van der Waals surface area contributed by atoms with Crippen molar-refractivity contribution < 1.29 is 28.2 Å². The summed E-state index contributed by atoms with van der Waals surface area (Å²) >= 11 is 0. The number of carbonyl (C=O) groups is 2. The van der Waals surface area contributed by atoms with E-state index in [1.54, 1.807) is 25.1 Å². The highest BCUT2D eigenvalue weighted by molar-refractivity contribution is 6.02. The number of furan rings is 1. The summed E-state index contributed by atoms with van der Waals surface area (Å²) < 4.78 is 21.0. The number of rotatable bonds is 6. The second-order valence-corrected chi connectivity index (χ2v) is 5.62. The normalized spacial score (nSPS) is 10.6. The molecule has 3 aromatic rings. The Morgan fingerprint density at radius 1 is 1.04 bits per heavy atom. The lowest BCUT2D eigenvalue weighted by Gasteiger charge is -2.09. The van der Waals surface area contributed by atoms with Crippen LogP contribution >= 0.6 is 0 Å². The molecule has 3 rings (SSSR count). The third kappa shape index (κ3) is 3.26. The number of para-hydroxylation sites is 1. The summed E-state index contributed by atoms with van der Waals surface area (Å²) in [7, 11) is 2.95. The van der Waals surface area contributed by atoms with Crippen LogP contribution in [0.2, 0.25) is 0 Å². The molecule has 134 valence electrons. The van der Waals surface area contributed by atoms with Gasteiger partial charge >= 0.3 is 5.97 Å². The van der Waals surface area contributed by atoms with Crippen LogP contribution in [0.4, 0.5) is 0 Å². The van der Waals surface area contributed by atoms with E-state index < -0.39 is 18.4 Å². The first-order chi connectivity index (χ1) is 12.5. The molecule has 0 amide bonds. The van der Waals surface area contributed by atoms with E-state index in [4.69, 9.17) is 18.6 Å². The number of esters is 1. The molecule has 0 saturated heterocycles. The van der Waals surface area contributed by atoms with E-state index in [1.165, 1.54) is 20.3 Å². The molecule has 1 heterocycles. The number of methoxy groups -OCH3 is 2. The van der Waals surface area contributed by atoms with Gasteiger partial charge in [-0.05, 0) is 25.1 Å². The molecule has 0 radical (unpaired) electrons. The molecule has 0 unspecified atom stereocenters. The van der Waals surface area contributed by atoms with Gasteiger partial charge in [0.05, 0.1) is 14.2 Å². The van der Waals surface area contributed by atoms with Crippen LogP contribution in [0.25, 0.3) is 11.0 Å². The summed E-state index contributed by atoms with van der Waals surface area (Å²) in [6.45, 7) is 1.38. The number of aryl methyl sites for hydroxylation is 1. The number of fused-ring (bicyclic) bond motifs is 1. The highest BCUT2D eigenvalue weighted by Crippen LogP contribution is 2.27. The third-order valence-corrected chi connectivity index (χ3v) is 4.06. The summed E-state index contributed by atoms with van der Waals surface area (Å²) in [5.74, 6) is -0.0130. The molecule has 0 aliphatic carbocycles. The van der Waals surface area contributed by atoms with Gasteiger partial charge in [0.2, 0.25) is 5.78 Å². The number of ketones is 1. The third-order valence-electron chi connectivity index (χ3n) is 4.06. The smallest absolute Gasteiger partial charge is 0.342 e. The van der Waals surface area contributed by atoms with Crippen LogP contribution in [0.15, 0.2) is 46.9 Å². The van der Waals surface area contributed by atoms with Crippen molar-refractivity contribution in [2.45, 2.75) is 6.92 Å². The fraction of sp³-hybridized carbons (Fsp3) is 0.200. The lowest BCUT2D eigenvalue weighted by molar-refractivity contribution is 0.0465. The Bertz CT molecular complexity index is 970. The quantitative estimate of drug-likeness (QED) is 0.495. The molecule has 0 fully saturated rings. The van der Waals surface area contributed by atoms with E-state index in [0.29, 0.717) is 17.1 Å². The molecule has 0 bridgehead atoms. The molecule has 0 aliphatic rings. The second-order valence-electron chi connectivity index (χ2n) is 5.62. The number of hydrogen-bond donors (Lipinski definition) is 0. The minimum Gasteiger partial charge on any atom is -0.497 e. The first kappa shape index (κ1) is 17.5. The predicted molar refractivity (Wildman–Crippen MR) is 95.1 cm³/mol. The molecule has 6 heteroatoms. The Morgan fingerprint density at radius 2 is 1.81 bits per heavy atom. The van der Waals surface area contributed by atoms with Gasteiger partial charge in [-0.25, -0.2) is 4.79 Å². The van der Waals surface area contributed by atoms with Gasteiger partial charge < -0.3 is 18.6 Å². The van der Waals surface area contributed by atoms with Gasteiger partial charge in [0.15, 0.2) is 12.4 Å². The van der Waals surface area contributed by atoms with Crippen molar-refractivity contribution in [2.24, 2.45) is 0 Å². The minimum atomic E-state index is -0.661. The molecule has 0 aliphatic heterocycles. The zero-order valence-corrected chi connectivity index (χ0v) is 14.7. The van der Waals surface area contributed by atoms with Gasteiger partial charge in [-0.15, -0.1) is 0 Å².